The van der Waals surface area contributed by atoms with E-state index in [1.54, 1.807) is 34.6 Å². The van der Waals surface area contributed by atoms with Crippen molar-refractivity contribution in [1.29, 1.82) is 0 Å². The number of fused-ring (bicyclic) bond motifs is 1. The van der Waals surface area contributed by atoms with Gasteiger partial charge in [-0.2, -0.15) is 0 Å². The second kappa shape index (κ2) is 7.68. The van der Waals surface area contributed by atoms with E-state index >= 15 is 0 Å². The Hall–Kier alpha value is -2.30. The topological polar surface area (TPSA) is 85.4 Å². The lowest BCUT2D eigenvalue weighted by atomic mass is 10.1. The molecule has 0 aliphatic carbocycles. The predicted octanol–water partition coefficient (Wildman–Crippen LogP) is 3.25. The minimum Gasteiger partial charge on any atom is -0.443 e. The summed E-state index contributed by atoms with van der Waals surface area (Å²) in [4.78, 5) is 40.5. The molecule has 3 rings (SSSR count). The van der Waals surface area contributed by atoms with Crippen LogP contribution in [0.25, 0.3) is 0 Å². The monoisotopic (exact) mass is 460 g/mol. The summed E-state index contributed by atoms with van der Waals surface area (Å²) in [6.07, 6.45) is -3.45. The van der Waals surface area contributed by atoms with Gasteiger partial charge in [0.2, 0.25) is 0 Å². The van der Waals surface area contributed by atoms with Crippen molar-refractivity contribution in [3.63, 3.8) is 0 Å². The van der Waals surface area contributed by atoms with E-state index in [9.17, 15) is 23.2 Å². The molecule has 2 saturated heterocycles. The van der Waals surface area contributed by atoms with Crippen LogP contribution < -0.4 is 4.90 Å². The van der Waals surface area contributed by atoms with Crippen molar-refractivity contribution in [3.05, 3.63) is 28.8 Å². The van der Waals surface area contributed by atoms with Crippen molar-refractivity contribution >= 4 is 35.2 Å². The number of rotatable bonds is 2. The van der Waals surface area contributed by atoms with E-state index in [1.165, 1.54) is 7.05 Å². The second-order valence-electron chi connectivity index (χ2n) is 8.75. The van der Waals surface area contributed by atoms with Gasteiger partial charge in [0.25, 0.3) is 11.8 Å². The van der Waals surface area contributed by atoms with Crippen LogP contribution in [0.4, 0.5) is 19.3 Å². The van der Waals surface area contributed by atoms with Crippen molar-refractivity contribution in [3.8, 4) is 0 Å². The first kappa shape index (κ1) is 23.4. The summed E-state index contributed by atoms with van der Waals surface area (Å²) in [5, 5.41) is -0.789. The van der Waals surface area contributed by atoms with Gasteiger partial charge in [-0.3, -0.25) is 9.59 Å². The molecule has 0 aromatic heterocycles. The highest BCUT2D eigenvalue weighted by Gasteiger charge is 2.63. The van der Waals surface area contributed by atoms with Crippen LogP contribution in [0.3, 0.4) is 0 Å². The highest BCUT2D eigenvalue weighted by Crippen LogP contribution is 2.39. The minimum atomic E-state index is -1.50. The molecule has 0 radical (unpaired) electrons. The number of benzene rings is 1. The Bertz CT molecular complexity index is 948. The Balaban J connectivity index is 2.01. The van der Waals surface area contributed by atoms with Crippen molar-refractivity contribution in [2.45, 2.75) is 64.3 Å². The molecular formula is C20H23ClF2N2O6. The van der Waals surface area contributed by atoms with Gasteiger partial charge in [0.05, 0.1) is 5.69 Å². The number of amides is 3. The summed E-state index contributed by atoms with van der Waals surface area (Å²) < 4.78 is 44.6. The number of carbonyl (C=O) groups is 3. The molecule has 31 heavy (non-hydrogen) atoms. The largest absolute Gasteiger partial charge is 0.443 e. The van der Waals surface area contributed by atoms with Gasteiger partial charge in [-0.25, -0.2) is 18.5 Å². The first-order chi connectivity index (χ1) is 14.1. The Kier molecular flexibility index (Phi) is 5.79. The maximum Gasteiger partial charge on any atom is 0.417 e. The van der Waals surface area contributed by atoms with Crippen LogP contribution in [0, 0.1) is 11.6 Å². The predicted molar refractivity (Wildman–Crippen MR) is 105 cm³/mol. The van der Waals surface area contributed by atoms with Gasteiger partial charge in [-0.15, -0.1) is 0 Å². The summed E-state index contributed by atoms with van der Waals surface area (Å²) in [5.41, 5.74) is -1.29. The minimum absolute atomic E-state index is 0.338. The molecule has 3 atom stereocenters. The standard InChI is InChI=1S/C20H23ClF2N2O6/c1-19(2,3)31-18(28)25-13(14-15(17(25)27)30-20(4,5)29-14)16(26)24(6)10-8-7-9(22)11(21)12(10)23/h7-8,13-15H,1-6H3/t13-,14-,15-/m0/s1. The second-order valence-corrected chi connectivity index (χ2v) is 9.12. The van der Waals surface area contributed by atoms with Gasteiger partial charge in [-0.05, 0) is 46.8 Å². The normalized spacial score (nSPS) is 24.9. The molecule has 0 bridgehead atoms. The Morgan fingerprint density at radius 1 is 1.23 bits per heavy atom. The van der Waals surface area contributed by atoms with E-state index in [2.05, 4.69) is 0 Å². The van der Waals surface area contributed by atoms with E-state index < -0.39 is 64.2 Å². The zero-order chi connectivity index (χ0) is 23.5. The molecule has 8 nitrogen and oxygen atoms in total. The maximum atomic E-state index is 14.5. The summed E-state index contributed by atoms with van der Waals surface area (Å²) in [7, 11) is 1.21. The molecule has 0 N–H and O–H groups in total. The van der Waals surface area contributed by atoms with Crippen LogP contribution in [-0.2, 0) is 23.8 Å². The van der Waals surface area contributed by atoms with Crippen LogP contribution in [-0.4, -0.2) is 59.5 Å². The highest BCUT2D eigenvalue weighted by atomic mass is 35.5. The van der Waals surface area contributed by atoms with Crippen molar-refractivity contribution in [1.82, 2.24) is 4.90 Å². The maximum absolute atomic E-state index is 14.5. The molecule has 2 aliphatic heterocycles. The number of hydrogen-bond acceptors (Lipinski definition) is 6. The molecule has 2 aliphatic rings. The number of ether oxygens (including phenoxy) is 3. The van der Waals surface area contributed by atoms with Crippen LogP contribution in [0.1, 0.15) is 34.6 Å². The number of anilines is 1. The first-order valence-electron chi connectivity index (χ1n) is 9.47. The number of carbonyl (C=O) groups excluding carboxylic acids is 3. The molecule has 2 heterocycles. The van der Waals surface area contributed by atoms with Gasteiger partial charge in [-0.1, -0.05) is 11.6 Å². The van der Waals surface area contributed by atoms with E-state index in [0.717, 1.165) is 17.0 Å². The molecule has 0 saturated carbocycles. The molecule has 3 amide bonds. The Morgan fingerprint density at radius 3 is 2.42 bits per heavy atom. The van der Waals surface area contributed by atoms with Gasteiger partial charge >= 0.3 is 6.09 Å². The fourth-order valence-electron chi connectivity index (χ4n) is 3.49. The van der Waals surface area contributed by atoms with Crippen LogP contribution in [0.15, 0.2) is 12.1 Å². The summed E-state index contributed by atoms with van der Waals surface area (Å²) in [6.45, 7) is 7.91. The van der Waals surface area contributed by atoms with Gasteiger partial charge < -0.3 is 19.1 Å². The van der Waals surface area contributed by atoms with Crippen LogP contribution in [0.2, 0.25) is 5.02 Å². The number of hydrogen-bond donors (Lipinski definition) is 0. The van der Waals surface area contributed by atoms with Crippen molar-refractivity contribution in [2.24, 2.45) is 0 Å². The zero-order valence-electron chi connectivity index (χ0n) is 17.9. The lowest BCUT2D eigenvalue weighted by Gasteiger charge is -2.32. The third-order valence-corrected chi connectivity index (χ3v) is 5.10. The average Bonchev–Trinajstić information content (AvgIpc) is 3.08. The number of halogens is 3. The zero-order valence-corrected chi connectivity index (χ0v) is 18.6. The molecule has 1 aromatic carbocycles. The van der Waals surface area contributed by atoms with E-state index in [1.807, 2.05) is 0 Å². The molecule has 11 heteroatoms. The van der Waals surface area contributed by atoms with Gasteiger partial charge in [0.15, 0.2) is 23.8 Å². The molecule has 0 unspecified atom stereocenters. The Labute approximate surface area is 183 Å². The molecule has 2 fully saturated rings. The first-order valence-corrected chi connectivity index (χ1v) is 9.85. The number of likely N-dealkylation sites (tertiary alicyclic amines) is 1. The van der Waals surface area contributed by atoms with Gasteiger partial charge in [0, 0.05) is 7.05 Å². The fourth-order valence-corrected chi connectivity index (χ4v) is 3.65. The molecule has 0 spiro atoms. The molecular weight excluding hydrogens is 438 g/mol. The number of nitrogens with zero attached hydrogens (tertiary/aromatic N) is 2. The summed E-state index contributed by atoms with van der Waals surface area (Å²) in [5.74, 6) is -5.02. The molecule has 1 aromatic rings. The highest BCUT2D eigenvalue weighted by molar-refractivity contribution is 6.31. The quantitative estimate of drug-likeness (QED) is 0.630. The summed E-state index contributed by atoms with van der Waals surface area (Å²) in [6, 6.07) is 0.426. The van der Waals surface area contributed by atoms with Crippen molar-refractivity contribution < 1.29 is 37.4 Å². The summed E-state index contributed by atoms with van der Waals surface area (Å²) >= 11 is 5.62. The smallest absolute Gasteiger partial charge is 0.417 e. The molecule has 170 valence electrons. The average molecular weight is 461 g/mol. The Morgan fingerprint density at radius 2 is 1.84 bits per heavy atom. The van der Waals surface area contributed by atoms with Crippen LogP contribution in [0.5, 0.6) is 0 Å². The van der Waals surface area contributed by atoms with E-state index in [4.69, 9.17) is 25.8 Å². The lowest BCUT2D eigenvalue weighted by Crippen LogP contribution is -2.54. The van der Waals surface area contributed by atoms with E-state index in [0.29, 0.717) is 4.90 Å². The fraction of sp³-hybridized carbons (Fsp3) is 0.550. The SMILES string of the molecule is CN(C(=O)[C@@H]1[C@@H]2OC(C)(C)O[C@@H]2C(=O)N1C(=O)OC(C)(C)C)c1ccc(F)c(Cl)c1F. The third kappa shape index (κ3) is 4.24. The number of imide groups is 1. The van der Waals surface area contributed by atoms with Crippen LogP contribution >= 0.6 is 11.6 Å². The number of likely N-dealkylation sites (N-methyl/N-ethyl adjacent to an activating group) is 1. The van der Waals surface area contributed by atoms with E-state index in [-0.39, 0.29) is 5.69 Å². The third-order valence-electron chi connectivity index (χ3n) is 4.75. The van der Waals surface area contributed by atoms with Gasteiger partial charge in [0.1, 0.15) is 22.5 Å². The van der Waals surface area contributed by atoms with Crippen molar-refractivity contribution in [2.75, 3.05) is 11.9 Å². The lowest BCUT2D eigenvalue weighted by molar-refractivity contribution is -0.173.